The maximum Gasteiger partial charge on any atom is 0.399 e. The largest absolute Gasteiger partial charge is 0.399 e. The van der Waals surface area contributed by atoms with Crippen LogP contribution in [-0.4, -0.2) is 37.4 Å². The van der Waals surface area contributed by atoms with Crippen molar-refractivity contribution in [3.63, 3.8) is 0 Å². The van der Waals surface area contributed by atoms with Gasteiger partial charge in [0, 0.05) is 31.9 Å². The molecule has 8 heteroatoms. The molecule has 2 heterocycles. The highest BCUT2D eigenvalue weighted by atomic mass is 16.7. The van der Waals surface area contributed by atoms with E-state index >= 15 is 0 Å². The highest BCUT2D eigenvalue weighted by Crippen LogP contribution is 2.19. The molecule has 0 unspecified atom stereocenters. The van der Waals surface area contributed by atoms with Crippen molar-refractivity contribution in [3.05, 3.63) is 54.9 Å². The van der Waals surface area contributed by atoms with Gasteiger partial charge in [-0.3, -0.25) is 4.79 Å². The SMILES string of the molecule is CC1=NN(c2ccccc2)C(=O)/C1=N/OC(=O)C[n+]1ccc(N(C)C)cc1. The average molecular weight is 366 g/mol. The Labute approximate surface area is 157 Å². The van der Waals surface area contributed by atoms with Crippen molar-refractivity contribution >= 4 is 34.7 Å². The van der Waals surface area contributed by atoms with E-state index in [4.69, 9.17) is 4.84 Å². The minimum absolute atomic E-state index is 0.0140. The van der Waals surface area contributed by atoms with Gasteiger partial charge in [-0.1, -0.05) is 23.4 Å². The Bertz CT molecular complexity index is 905. The Morgan fingerprint density at radius 1 is 1.19 bits per heavy atom. The number of para-hydroxylation sites is 1. The molecule has 0 atom stereocenters. The quantitative estimate of drug-likeness (QED) is 0.455. The summed E-state index contributed by atoms with van der Waals surface area (Å²) in [6.45, 7) is 1.62. The molecule has 2 aromatic rings. The van der Waals surface area contributed by atoms with Crippen LogP contribution in [0.25, 0.3) is 0 Å². The molecule has 0 saturated carbocycles. The maximum atomic E-state index is 12.5. The van der Waals surface area contributed by atoms with Crippen LogP contribution in [0.15, 0.2) is 65.1 Å². The zero-order chi connectivity index (χ0) is 19.4. The Hall–Kier alpha value is -3.55. The molecule has 138 valence electrons. The van der Waals surface area contributed by atoms with E-state index in [1.807, 2.05) is 37.2 Å². The fourth-order valence-corrected chi connectivity index (χ4v) is 2.47. The van der Waals surface area contributed by atoms with Crippen molar-refractivity contribution < 1.29 is 19.0 Å². The average Bonchev–Trinajstić information content (AvgIpc) is 2.95. The lowest BCUT2D eigenvalue weighted by atomic mass is 10.2. The number of aromatic nitrogens is 1. The van der Waals surface area contributed by atoms with E-state index in [1.165, 1.54) is 5.01 Å². The van der Waals surface area contributed by atoms with Gasteiger partial charge in [0.25, 0.3) is 0 Å². The van der Waals surface area contributed by atoms with Crippen LogP contribution in [-0.2, 0) is 21.0 Å². The van der Waals surface area contributed by atoms with E-state index in [9.17, 15) is 9.59 Å². The molecule has 3 rings (SSSR count). The van der Waals surface area contributed by atoms with Crippen LogP contribution in [0, 0.1) is 0 Å². The zero-order valence-electron chi connectivity index (χ0n) is 15.4. The van der Waals surface area contributed by atoms with Gasteiger partial charge < -0.3 is 9.74 Å². The number of pyridine rings is 1. The van der Waals surface area contributed by atoms with E-state index in [0.717, 1.165) is 5.69 Å². The molecular formula is C19H20N5O3+. The summed E-state index contributed by atoms with van der Waals surface area (Å²) in [6.07, 6.45) is 3.54. The number of nitrogens with zero attached hydrogens (tertiary/aromatic N) is 5. The third-order valence-electron chi connectivity index (χ3n) is 3.93. The molecule has 0 aliphatic carbocycles. The van der Waals surface area contributed by atoms with Gasteiger partial charge in [-0.2, -0.15) is 14.7 Å². The molecule has 1 aliphatic rings. The second-order valence-corrected chi connectivity index (χ2v) is 6.16. The molecule has 0 fully saturated rings. The van der Waals surface area contributed by atoms with Crippen LogP contribution in [0.4, 0.5) is 11.4 Å². The molecule has 0 bridgehead atoms. The van der Waals surface area contributed by atoms with Gasteiger partial charge in [0.15, 0.2) is 18.1 Å². The Balaban J connectivity index is 1.64. The molecule has 0 radical (unpaired) electrons. The number of carbonyl (C=O) groups is 2. The van der Waals surface area contributed by atoms with Gasteiger partial charge in [0.05, 0.1) is 11.4 Å². The summed E-state index contributed by atoms with van der Waals surface area (Å²) < 4.78 is 1.67. The fraction of sp³-hybridized carbons (Fsp3) is 0.211. The number of oxime groups is 1. The first kappa shape index (κ1) is 18.2. The van der Waals surface area contributed by atoms with Crippen molar-refractivity contribution in [2.75, 3.05) is 24.0 Å². The number of rotatable bonds is 5. The normalized spacial score (nSPS) is 15.1. The molecule has 8 nitrogen and oxygen atoms in total. The third kappa shape index (κ3) is 4.17. The lowest BCUT2D eigenvalue weighted by Crippen LogP contribution is -2.38. The van der Waals surface area contributed by atoms with E-state index in [0.29, 0.717) is 11.4 Å². The summed E-state index contributed by atoms with van der Waals surface area (Å²) in [5.41, 5.74) is 2.04. The first-order valence-corrected chi connectivity index (χ1v) is 8.35. The minimum atomic E-state index is -0.580. The molecule has 1 aromatic carbocycles. The van der Waals surface area contributed by atoms with Crippen LogP contribution < -0.4 is 14.5 Å². The fourth-order valence-electron chi connectivity index (χ4n) is 2.47. The maximum absolute atomic E-state index is 12.5. The molecule has 0 N–H and O–H groups in total. The van der Waals surface area contributed by atoms with Crippen LogP contribution in [0.5, 0.6) is 0 Å². The molecule has 0 spiro atoms. The number of carbonyl (C=O) groups excluding carboxylic acids is 2. The summed E-state index contributed by atoms with van der Waals surface area (Å²) in [5, 5.41) is 9.14. The summed E-state index contributed by atoms with van der Waals surface area (Å²) in [7, 11) is 3.87. The summed E-state index contributed by atoms with van der Waals surface area (Å²) in [4.78, 5) is 31.4. The number of anilines is 2. The van der Waals surface area contributed by atoms with Crippen LogP contribution >= 0.6 is 0 Å². The zero-order valence-corrected chi connectivity index (χ0v) is 15.4. The van der Waals surface area contributed by atoms with Crippen molar-refractivity contribution in [1.82, 2.24) is 0 Å². The molecular weight excluding hydrogens is 346 g/mol. The monoisotopic (exact) mass is 366 g/mol. The standard InChI is InChI=1S/C19H20N5O3/c1-14-18(19(26)24(20-14)16-7-5-4-6-8-16)21-27-17(25)13-23-11-9-15(10-12-23)22(2)3/h4-12H,13H2,1-3H3/q+1/b21-18+. The second kappa shape index (κ2) is 7.77. The molecule has 1 amide bonds. The van der Waals surface area contributed by atoms with E-state index in [2.05, 4.69) is 10.3 Å². The molecule has 0 saturated heterocycles. The van der Waals surface area contributed by atoms with Gasteiger partial charge in [-0.25, -0.2) is 4.79 Å². The lowest BCUT2D eigenvalue weighted by Gasteiger charge is -2.10. The van der Waals surface area contributed by atoms with E-state index in [-0.39, 0.29) is 12.3 Å². The smallest absolute Gasteiger partial charge is 0.377 e. The number of hydrogen-bond acceptors (Lipinski definition) is 6. The Morgan fingerprint density at radius 2 is 1.85 bits per heavy atom. The van der Waals surface area contributed by atoms with Crippen LogP contribution in [0.3, 0.4) is 0 Å². The predicted molar refractivity (Wildman–Crippen MR) is 102 cm³/mol. The van der Waals surface area contributed by atoms with Gasteiger partial charge >= 0.3 is 11.9 Å². The Morgan fingerprint density at radius 3 is 2.48 bits per heavy atom. The number of hydrogen-bond donors (Lipinski definition) is 0. The number of hydrazone groups is 1. The predicted octanol–water partition coefficient (Wildman–Crippen LogP) is 1.36. The van der Waals surface area contributed by atoms with Gasteiger partial charge in [-0.15, -0.1) is 0 Å². The summed E-state index contributed by atoms with van der Waals surface area (Å²) >= 11 is 0. The molecule has 1 aromatic heterocycles. The number of amides is 1. The first-order valence-electron chi connectivity index (χ1n) is 8.35. The minimum Gasteiger partial charge on any atom is -0.377 e. The topological polar surface area (TPSA) is 78.5 Å². The highest BCUT2D eigenvalue weighted by molar-refractivity contribution is 6.71. The molecule has 27 heavy (non-hydrogen) atoms. The van der Waals surface area contributed by atoms with Crippen molar-refractivity contribution in [2.45, 2.75) is 13.5 Å². The van der Waals surface area contributed by atoms with Crippen LogP contribution in [0.2, 0.25) is 0 Å². The van der Waals surface area contributed by atoms with E-state index in [1.54, 1.807) is 48.1 Å². The summed E-state index contributed by atoms with van der Waals surface area (Å²) in [5.74, 6) is -1.02. The van der Waals surface area contributed by atoms with Crippen molar-refractivity contribution in [2.24, 2.45) is 10.3 Å². The third-order valence-corrected chi connectivity index (χ3v) is 3.93. The van der Waals surface area contributed by atoms with Crippen LogP contribution in [0.1, 0.15) is 6.92 Å². The highest BCUT2D eigenvalue weighted by Gasteiger charge is 2.31. The lowest BCUT2D eigenvalue weighted by molar-refractivity contribution is -0.685. The van der Waals surface area contributed by atoms with Gasteiger partial charge in [0.2, 0.25) is 6.54 Å². The number of benzene rings is 1. The van der Waals surface area contributed by atoms with E-state index < -0.39 is 11.9 Å². The first-order chi connectivity index (χ1) is 13.0. The summed E-state index contributed by atoms with van der Waals surface area (Å²) in [6, 6.07) is 12.8. The van der Waals surface area contributed by atoms with Crippen molar-refractivity contribution in [3.8, 4) is 0 Å². The second-order valence-electron chi connectivity index (χ2n) is 6.16. The molecule has 1 aliphatic heterocycles. The van der Waals surface area contributed by atoms with Gasteiger partial charge in [-0.05, 0) is 19.1 Å². The Kier molecular flexibility index (Phi) is 5.25. The van der Waals surface area contributed by atoms with Crippen molar-refractivity contribution in [1.29, 1.82) is 0 Å². The van der Waals surface area contributed by atoms with Gasteiger partial charge in [0.1, 0.15) is 0 Å².